The van der Waals surface area contributed by atoms with E-state index in [4.69, 9.17) is 18.6 Å². The normalized spacial score (nSPS) is 30.4. The Hall–Kier alpha value is -0.0301. The Balaban J connectivity index is 2.02. The zero-order valence-corrected chi connectivity index (χ0v) is 25.4. The molecular weight excluding hydrogens is 422 g/mol. The van der Waals surface area contributed by atoms with E-state index in [0.29, 0.717) is 47.1 Å². The van der Waals surface area contributed by atoms with Crippen LogP contribution in [0.3, 0.4) is 0 Å². The quantitative estimate of drug-likeness (QED) is 0.317. The van der Waals surface area contributed by atoms with E-state index in [-0.39, 0.29) is 36.6 Å². The van der Waals surface area contributed by atoms with Gasteiger partial charge in [0.25, 0.3) is 0 Å². The van der Waals surface area contributed by atoms with E-state index in [9.17, 15) is 0 Å². The molecule has 0 N–H and O–H groups in total. The van der Waals surface area contributed by atoms with Crippen LogP contribution in [0.25, 0.3) is 0 Å². The summed E-state index contributed by atoms with van der Waals surface area (Å²) >= 11 is 0. The molecule has 2 rings (SSSR count). The van der Waals surface area contributed by atoms with Crippen LogP contribution in [-0.4, -0.2) is 36.6 Å². The number of hydrogen-bond acceptors (Lipinski definition) is 4. The van der Waals surface area contributed by atoms with E-state index < -0.39 is 0 Å². The van der Waals surface area contributed by atoms with Crippen molar-refractivity contribution in [3.05, 3.63) is 0 Å². The van der Waals surface area contributed by atoms with Gasteiger partial charge in [-0.15, -0.1) is 0 Å². The van der Waals surface area contributed by atoms with Crippen LogP contribution in [0.4, 0.5) is 0 Å². The minimum atomic E-state index is -0.276. The Morgan fingerprint density at radius 3 is 0.735 bits per heavy atom. The number of hydrogen-bond donors (Lipinski definition) is 0. The third-order valence-corrected chi connectivity index (χ3v) is 11.2. The van der Waals surface area contributed by atoms with Gasteiger partial charge in [-0.2, -0.15) is 0 Å². The van der Waals surface area contributed by atoms with Crippen molar-refractivity contribution in [1.29, 1.82) is 0 Å². The molecule has 0 aromatic rings. The molecule has 0 aromatic carbocycles. The average Bonchev–Trinajstić information content (AvgIpc) is 3.08. The van der Waals surface area contributed by atoms with Gasteiger partial charge in [-0.05, 0) is 103 Å². The summed E-state index contributed by atoms with van der Waals surface area (Å²) in [4.78, 5) is 0. The highest BCUT2D eigenvalue weighted by Gasteiger charge is 2.55. The van der Waals surface area contributed by atoms with Crippen molar-refractivity contribution in [1.82, 2.24) is 0 Å². The van der Waals surface area contributed by atoms with Crippen LogP contribution >= 0.6 is 0 Å². The van der Waals surface area contributed by atoms with Crippen molar-refractivity contribution in [2.24, 2.45) is 35.5 Å². The summed E-state index contributed by atoms with van der Waals surface area (Å²) in [6, 6.07) is 0. The lowest BCUT2D eigenvalue weighted by atomic mass is 9.57. The molecule has 0 radical (unpaired) electrons. The smallest absolute Gasteiger partial charge is 0.403 e. The van der Waals surface area contributed by atoms with Crippen LogP contribution in [0.15, 0.2) is 0 Å². The van der Waals surface area contributed by atoms with Gasteiger partial charge in [0.1, 0.15) is 0 Å². The highest BCUT2D eigenvalue weighted by atomic mass is 16.7. The second kappa shape index (κ2) is 10.0. The molecule has 0 spiro atoms. The van der Waals surface area contributed by atoms with Crippen molar-refractivity contribution in [2.45, 2.75) is 145 Å². The summed E-state index contributed by atoms with van der Waals surface area (Å²) in [7, 11) is -0.297. The van der Waals surface area contributed by atoms with Crippen molar-refractivity contribution >= 4 is 14.2 Å². The molecule has 8 atom stereocenters. The molecule has 0 aromatic heterocycles. The van der Waals surface area contributed by atoms with Gasteiger partial charge in [-0.25, -0.2) is 0 Å². The third-order valence-electron chi connectivity index (χ3n) is 11.2. The first kappa shape index (κ1) is 30.2. The van der Waals surface area contributed by atoms with Crippen molar-refractivity contribution in [2.75, 3.05) is 0 Å². The van der Waals surface area contributed by atoms with Gasteiger partial charge in [-0.1, -0.05) is 55.4 Å². The average molecular weight is 478 g/mol. The lowest BCUT2D eigenvalue weighted by Gasteiger charge is -2.39. The van der Waals surface area contributed by atoms with Gasteiger partial charge in [0.05, 0.1) is 22.4 Å². The zero-order chi connectivity index (χ0) is 26.6. The molecule has 2 aliphatic rings. The lowest BCUT2D eigenvalue weighted by Crippen LogP contribution is -2.41. The molecule has 0 saturated carbocycles. The van der Waals surface area contributed by atoms with Crippen molar-refractivity contribution < 1.29 is 18.6 Å². The molecule has 0 aliphatic carbocycles. The van der Waals surface area contributed by atoms with Crippen molar-refractivity contribution in [3.63, 3.8) is 0 Å². The predicted molar refractivity (Wildman–Crippen MR) is 146 cm³/mol. The summed E-state index contributed by atoms with van der Waals surface area (Å²) in [6.07, 6.45) is 0. The molecule has 34 heavy (non-hydrogen) atoms. The van der Waals surface area contributed by atoms with Crippen LogP contribution in [0.5, 0.6) is 0 Å². The topological polar surface area (TPSA) is 36.9 Å². The van der Waals surface area contributed by atoms with E-state index in [1.165, 1.54) is 0 Å². The largest absolute Gasteiger partial charge is 0.461 e. The minimum absolute atomic E-state index is 0.148. The second-order valence-corrected chi connectivity index (χ2v) is 14.1. The molecule has 2 heterocycles. The highest BCUT2D eigenvalue weighted by molar-refractivity contribution is 6.47. The third kappa shape index (κ3) is 5.60. The van der Waals surface area contributed by atoms with Crippen LogP contribution in [0.1, 0.15) is 111 Å². The van der Waals surface area contributed by atoms with Gasteiger partial charge < -0.3 is 18.6 Å². The summed E-state index contributed by atoms with van der Waals surface area (Å²) in [5.74, 6) is 3.96. The summed E-state index contributed by atoms with van der Waals surface area (Å²) in [5.41, 5.74) is -1.11. The van der Waals surface area contributed by atoms with Crippen LogP contribution in [0, 0.1) is 35.5 Å². The Morgan fingerprint density at radius 1 is 0.353 bits per heavy atom. The molecule has 198 valence electrons. The predicted octanol–water partition coefficient (Wildman–Crippen LogP) is 7.77. The summed E-state index contributed by atoms with van der Waals surface area (Å²) in [6.45, 7) is 36.2. The fourth-order valence-corrected chi connectivity index (χ4v) is 5.58. The van der Waals surface area contributed by atoms with Gasteiger partial charge in [0, 0.05) is 0 Å². The second-order valence-electron chi connectivity index (χ2n) is 14.1. The van der Waals surface area contributed by atoms with Gasteiger partial charge in [0.15, 0.2) is 0 Å². The Morgan fingerprint density at radius 2 is 0.529 bits per heavy atom. The monoisotopic (exact) mass is 478 g/mol. The summed E-state index contributed by atoms with van der Waals surface area (Å²) in [5, 5.41) is 0. The molecular formula is C28H56B2O4. The Kier molecular flexibility index (Phi) is 8.91. The maximum atomic E-state index is 6.40. The first-order valence-corrected chi connectivity index (χ1v) is 13.9. The fraction of sp³-hybridized carbons (Fsp3) is 1.00. The first-order valence-electron chi connectivity index (χ1n) is 13.9. The first-order chi connectivity index (χ1) is 15.2. The molecule has 2 saturated heterocycles. The minimum Gasteiger partial charge on any atom is -0.403 e. The van der Waals surface area contributed by atoms with E-state index in [1.54, 1.807) is 0 Å². The van der Waals surface area contributed by atoms with E-state index in [0.717, 1.165) is 0 Å². The molecule has 2 fully saturated rings. The maximum Gasteiger partial charge on any atom is 0.461 e. The Labute approximate surface area is 213 Å². The van der Waals surface area contributed by atoms with E-state index >= 15 is 0 Å². The highest BCUT2D eigenvalue weighted by Crippen LogP contribution is 2.47. The molecule has 6 heteroatoms. The van der Waals surface area contributed by atoms with Gasteiger partial charge in [0.2, 0.25) is 0 Å². The zero-order valence-electron chi connectivity index (χ0n) is 25.4. The van der Waals surface area contributed by atoms with E-state index in [2.05, 4.69) is 111 Å². The van der Waals surface area contributed by atoms with E-state index in [1.807, 2.05) is 0 Å². The van der Waals surface area contributed by atoms with Crippen LogP contribution in [-0.2, 0) is 18.6 Å². The van der Waals surface area contributed by atoms with Crippen LogP contribution < -0.4 is 0 Å². The van der Waals surface area contributed by atoms with Gasteiger partial charge >= 0.3 is 14.2 Å². The van der Waals surface area contributed by atoms with Crippen molar-refractivity contribution in [3.8, 4) is 0 Å². The molecule has 0 bridgehead atoms. The maximum absolute atomic E-state index is 6.40. The van der Waals surface area contributed by atoms with Crippen LogP contribution in [0.2, 0.25) is 11.6 Å². The number of rotatable bonds is 9. The standard InChI is InChI=1S/C28H56B2O4/c1-17(19(3)21(5)23(7)29-31-25(9,10)26(11,12)32-29)18(2)20(4)22(6)24(8)30-33-27(13,14)28(15,16)34-30/h17-24H,1-16H3/t17-,18-,19+,20+,21-,22-,23+,24+/m1/s1. The SMILES string of the molecule is C[C@H]([C@@H](C)[C@H](C)[C@@H](C)[C@H](C)B1OC(C)(C)C(C)(C)O1)[C@H](C)[C@@H](C)[C@H](C)B1OC(C)(C)C(C)(C)O1. The molecule has 0 amide bonds. The fourth-order valence-electron chi connectivity index (χ4n) is 5.58. The lowest BCUT2D eigenvalue weighted by molar-refractivity contribution is 0.00578. The van der Waals surface area contributed by atoms with Gasteiger partial charge in [-0.3, -0.25) is 0 Å². The Bertz CT molecular complexity index is 602. The summed E-state index contributed by atoms with van der Waals surface area (Å²) < 4.78 is 25.6. The molecule has 2 aliphatic heterocycles. The molecule has 0 unspecified atom stereocenters. The molecule has 4 nitrogen and oxygen atoms in total.